The zero-order valence-corrected chi connectivity index (χ0v) is 14.4. The lowest BCUT2D eigenvalue weighted by Crippen LogP contribution is -2.19. The highest BCUT2D eigenvalue weighted by atomic mass is 19.1. The average molecular weight is 373 g/mol. The van der Waals surface area contributed by atoms with Gasteiger partial charge in [-0.15, -0.1) is 0 Å². The van der Waals surface area contributed by atoms with Gasteiger partial charge in [0.1, 0.15) is 19.1 Å². The number of aromatic nitrogens is 4. The Morgan fingerprint density at radius 1 is 1.37 bits per heavy atom. The number of imidazole rings is 1. The minimum absolute atomic E-state index is 0.232. The third-order valence-electron chi connectivity index (χ3n) is 4.17. The number of hydrogen-bond acceptors (Lipinski definition) is 7. The lowest BCUT2D eigenvalue weighted by atomic mass is 10.2. The van der Waals surface area contributed by atoms with Crippen LogP contribution in [0.5, 0.6) is 5.88 Å². The quantitative estimate of drug-likeness (QED) is 0.634. The molecule has 1 saturated heterocycles. The van der Waals surface area contributed by atoms with Gasteiger partial charge < -0.3 is 14.2 Å². The summed E-state index contributed by atoms with van der Waals surface area (Å²) in [7, 11) is 1.45. The van der Waals surface area contributed by atoms with Gasteiger partial charge >= 0.3 is 5.97 Å². The van der Waals surface area contributed by atoms with E-state index in [1.165, 1.54) is 24.3 Å². The van der Waals surface area contributed by atoms with Crippen molar-refractivity contribution in [3.8, 4) is 5.88 Å². The number of nitrogens with zero attached hydrogens (tertiary/aromatic N) is 4. The van der Waals surface area contributed by atoms with Gasteiger partial charge in [-0.25, -0.2) is 19.2 Å². The van der Waals surface area contributed by atoms with Crippen molar-refractivity contribution in [3.05, 3.63) is 48.5 Å². The number of carbonyl (C=O) groups excluding carboxylic acids is 1. The minimum atomic E-state index is -1.65. The Bertz CT molecular complexity index is 986. The van der Waals surface area contributed by atoms with Crippen LogP contribution in [0.25, 0.3) is 11.2 Å². The number of rotatable bonds is 5. The van der Waals surface area contributed by atoms with Gasteiger partial charge in [-0.2, -0.15) is 4.98 Å². The molecule has 4 atom stereocenters. The number of halogens is 1. The summed E-state index contributed by atoms with van der Waals surface area (Å²) in [6, 6.07) is 8.43. The molecule has 2 aromatic heterocycles. The molecule has 1 fully saturated rings. The summed E-state index contributed by atoms with van der Waals surface area (Å²) < 4.78 is 40.3. The van der Waals surface area contributed by atoms with Gasteiger partial charge in [0.25, 0.3) is 0 Å². The molecule has 0 aliphatic carbocycles. The minimum Gasteiger partial charge on any atom is -0.479 e. The molecular weight excluding hydrogens is 355 g/mol. The van der Waals surface area contributed by atoms with Crippen LogP contribution in [-0.4, -0.2) is 51.5 Å². The molecule has 0 unspecified atom stereocenters. The van der Waals surface area contributed by atoms with Crippen molar-refractivity contribution in [1.82, 2.24) is 19.5 Å². The largest absolute Gasteiger partial charge is 0.479 e. The maximum atomic E-state index is 14.8. The van der Waals surface area contributed by atoms with Crippen LogP contribution in [0.1, 0.15) is 24.4 Å². The Balaban J connectivity index is 1.50. The maximum absolute atomic E-state index is 14.8. The van der Waals surface area contributed by atoms with Crippen LogP contribution in [-0.2, 0) is 9.47 Å². The normalized spacial score (nSPS) is 25.3. The number of carbonyl (C=O) groups is 1. The molecule has 3 aromatic rings. The smallest absolute Gasteiger partial charge is 0.338 e. The summed E-state index contributed by atoms with van der Waals surface area (Å²) in [5.41, 5.74) is 1.06. The van der Waals surface area contributed by atoms with E-state index < -0.39 is 30.9 Å². The molecule has 0 N–H and O–H groups in total. The van der Waals surface area contributed by atoms with Crippen molar-refractivity contribution in [2.24, 2.45) is 0 Å². The molecule has 0 saturated carbocycles. The fourth-order valence-electron chi connectivity index (χ4n) is 2.89. The molecule has 1 aromatic carbocycles. The van der Waals surface area contributed by atoms with Crippen LogP contribution in [0.3, 0.4) is 0 Å². The second kappa shape index (κ2) is 7.28. The predicted molar refractivity (Wildman–Crippen MR) is 92.0 cm³/mol. The van der Waals surface area contributed by atoms with Crippen LogP contribution in [0.15, 0.2) is 43.0 Å². The first kappa shape index (κ1) is 16.1. The first-order valence-corrected chi connectivity index (χ1v) is 8.25. The molecule has 1 aliphatic rings. The van der Waals surface area contributed by atoms with Crippen LogP contribution in [0.2, 0.25) is 0 Å². The van der Waals surface area contributed by atoms with Crippen molar-refractivity contribution >= 4 is 17.1 Å². The molecular formula is C18H17FN4O4. The molecule has 4 rings (SSSR count). The number of hydrogen-bond donors (Lipinski definition) is 0. The molecule has 27 heavy (non-hydrogen) atoms. The first-order valence-electron chi connectivity index (χ1n) is 8.83. The van der Waals surface area contributed by atoms with Gasteiger partial charge in [0.2, 0.25) is 5.88 Å². The van der Waals surface area contributed by atoms with Crippen LogP contribution in [0, 0.1) is 0 Å². The van der Waals surface area contributed by atoms with Crippen molar-refractivity contribution in [3.63, 3.8) is 0 Å². The van der Waals surface area contributed by atoms with Gasteiger partial charge in [0, 0.05) is 7.77 Å². The highest BCUT2D eigenvalue weighted by molar-refractivity contribution is 5.89. The molecule has 8 nitrogen and oxygen atoms in total. The molecule has 0 radical (unpaired) electrons. The molecule has 140 valence electrons. The molecule has 3 heterocycles. The molecule has 0 spiro atoms. The average Bonchev–Trinajstić information content (AvgIpc) is 3.28. The third-order valence-corrected chi connectivity index (χ3v) is 4.17. The summed E-state index contributed by atoms with van der Waals surface area (Å²) in [5.74, 6) is -0.297. The Morgan fingerprint density at radius 3 is 2.96 bits per heavy atom. The van der Waals surface area contributed by atoms with Gasteiger partial charge in [0.05, 0.1) is 25.1 Å². The van der Waals surface area contributed by atoms with Crippen molar-refractivity contribution in [1.29, 1.82) is 0 Å². The molecule has 1 aliphatic heterocycles. The Labute approximate surface area is 155 Å². The van der Waals surface area contributed by atoms with Gasteiger partial charge in [-0.05, 0) is 12.1 Å². The number of alkyl halides is 1. The molecule has 0 amide bonds. The second-order valence-corrected chi connectivity index (χ2v) is 5.87. The highest BCUT2D eigenvalue weighted by Gasteiger charge is 2.38. The van der Waals surface area contributed by atoms with Crippen molar-refractivity contribution in [2.75, 3.05) is 13.7 Å². The van der Waals surface area contributed by atoms with E-state index in [-0.39, 0.29) is 12.5 Å². The summed E-state index contributed by atoms with van der Waals surface area (Å²) >= 11 is 0. The lowest BCUT2D eigenvalue weighted by molar-refractivity contribution is -0.0420. The third kappa shape index (κ3) is 3.33. The SMILES string of the molecule is [2H][C@@H]1[C@H](F)[C@@H](n2cnc3c(OC)ncnc32)O[C@H]1COC(=O)c1ccccc1. The Morgan fingerprint density at radius 2 is 2.19 bits per heavy atom. The van der Waals surface area contributed by atoms with Crippen molar-refractivity contribution in [2.45, 2.75) is 24.9 Å². The van der Waals surface area contributed by atoms with E-state index in [4.69, 9.17) is 15.6 Å². The fraction of sp³-hybridized carbons (Fsp3) is 0.333. The number of fused-ring (bicyclic) bond motifs is 1. The highest BCUT2D eigenvalue weighted by Crippen LogP contribution is 2.34. The Kier molecular flexibility index (Phi) is 4.35. The van der Waals surface area contributed by atoms with E-state index >= 15 is 0 Å². The van der Waals surface area contributed by atoms with E-state index in [2.05, 4.69) is 15.0 Å². The second-order valence-electron chi connectivity index (χ2n) is 5.87. The summed E-state index contributed by atoms with van der Waals surface area (Å²) in [6.45, 7) is -0.232. The van der Waals surface area contributed by atoms with Crippen LogP contribution >= 0.6 is 0 Å². The number of ether oxygens (including phenoxy) is 3. The van der Waals surface area contributed by atoms with Gasteiger partial charge in [-0.3, -0.25) is 4.57 Å². The van der Waals surface area contributed by atoms with Gasteiger partial charge in [0.15, 0.2) is 17.4 Å². The first-order chi connectivity index (χ1) is 13.6. The monoisotopic (exact) mass is 373 g/mol. The summed E-state index contributed by atoms with van der Waals surface area (Å²) in [6.07, 6.45) is -2.28. The van der Waals surface area contributed by atoms with E-state index in [1.807, 2.05) is 0 Å². The molecule has 9 heteroatoms. The number of benzene rings is 1. The maximum Gasteiger partial charge on any atom is 0.338 e. The van der Waals surface area contributed by atoms with Crippen molar-refractivity contribution < 1.29 is 24.8 Å². The molecule has 0 bridgehead atoms. The zero-order chi connectivity index (χ0) is 19.7. The zero-order valence-electron chi connectivity index (χ0n) is 15.4. The standard InChI is InChI=1S/C18H17FN4O4/c1-25-16-14-15(20-9-21-16)23(10-22-14)17-13(19)7-12(27-17)8-26-18(24)11-5-3-2-4-6-11/h2-6,9-10,12-13,17H,7-8H2,1H3/t12-,13+,17+/m1/s1/i7D/t7-,12+,13-,17-/m0. The van der Waals surface area contributed by atoms with E-state index in [9.17, 15) is 9.18 Å². The number of methoxy groups -OCH3 is 1. The topological polar surface area (TPSA) is 88.4 Å². The lowest BCUT2D eigenvalue weighted by Gasteiger charge is -2.16. The predicted octanol–water partition coefficient (Wildman–Crippen LogP) is 2.32. The summed E-state index contributed by atoms with van der Waals surface area (Å²) in [5, 5.41) is 0. The Hall–Kier alpha value is -3.07. The fourth-order valence-corrected chi connectivity index (χ4v) is 2.89. The van der Waals surface area contributed by atoms with Gasteiger partial charge in [-0.1, -0.05) is 18.2 Å². The van der Waals surface area contributed by atoms with Crippen LogP contribution < -0.4 is 4.74 Å². The van der Waals surface area contributed by atoms with Crippen LogP contribution in [0.4, 0.5) is 4.39 Å². The summed E-state index contributed by atoms with van der Waals surface area (Å²) in [4.78, 5) is 24.3. The van der Waals surface area contributed by atoms with E-state index in [0.29, 0.717) is 16.7 Å². The van der Waals surface area contributed by atoms with E-state index in [1.54, 1.807) is 30.3 Å². The van der Waals surface area contributed by atoms with E-state index in [0.717, 1.165) is 0 Å². The number of esters is 1.